The molecule has 39 heavy (non-hydrogen) atoms. The lowest BCUT2D eigenvalue weighted by Crippen LogP contribution is -2.26. The Balaban J connectivity index is 2.41. The van der Waals surface area contributed by atoms with Crippen LogP contribution in [-0.4, -0.2) is 62.3 Å². The van der Waals surface area contributed by atoms with Crippen LogP contribution in [0.4, 0.5) is 0 Å². The van der Waals surface area contributed by atoms with Gasteiger partial charge in [-0.2, -0.15) is 0 Å². The van der Waals surface area contributed by atoms with Crippen molar-refractivity contribution in [3.63, 3.8) is 0 Å². The molecule has 0 spiro atoms. The molecule has 0 saturated heterocycles. The Labute approximate surface area is 239 Å². The third-order valence-electron chi connectivity index (χ3n) is 6.54. The molecule has 0 fully saturated rings. The van der Waals surface area contributed by atoms with Crippen LogP contribution in [0.3, 0.4) is 0 Å². The Morgan fingerprint density at radius 2 is 1.46 bits per heavy atom. The molecule has 2 unspecified atom stereocenters. The lowest BCUT2D eigenvalue weighted by atomic mass is 10.1. The average molecular weight is 570 g/mol. The van der Waals surface area contributed by atoms with Crippen LogP contribution in [0.2, 0.25) is 0 Å². The summed E-state index contributed by atoms with van der Waals surface area (Å²) in [6, 6.07) is 7.88. The fourth-order valence-electron chi connectivity index (χ4n) is 4.25. The number of carbonyl (C=O) groups excluding carboxylic acids is 1. The summed E-state index contributed by atoms with van der Waals surface area (Å²) < 4.78 is 22.7. The Hall–Kier alpha value is -1.24. The summed E-state index contributed by atoms with van der Waals surface area (Å²) >= 11 is 0. The minimum absolute atomic E-state index is 0.0622. The Morgan fingerprint density at radius 1 is 0.846 bits per heavy atom. The van der Waals surface area contributed by atoms with Crippen molar-refractivity contribution < 1.29 is 28.2 Å². The summed E-state index contributed by atoms with van der Waals surface area (Å²) in [7, 11) is 1.84. The van der Waals surface area contributed by atoms with Gasteiger partial charge in [0.1, 0.15) is 11.9 Å². The first-order chi connectivity index (χ1) is 19.0. The molecular weight excluding hydrogens is 513 g/mol. The number of benzene rings is 1. The molecule has 8 heteroatoms. The maximum Gasteiger partial charge on any atom is 0.330 e. The third-order valence-corrected chi connectivity index (χ3v) is 7.31. The summed E-state index contributed by atoms with van der Waals surface area (Å²) in [5.41, 5.74) is 0.963. The van der Waals surface area contributed by atoms with E-state index in [2.05, 4.69) is 6.92 Å². The number of rotatable bonds is 26. The molecule has 0 aliphatic carbocycles. The van der Waals surface area contributed by atoms with Crippen LogP contribution >= 0.6 is 8.60 Å². The second kappa shape index (κ2) is 24.5. The first-order valence-electron chi connectivity index (χ1n) is 15.3. The largest absolute Gasteiger partial charge is 0.493 e. The van der Waals surface area contributed by atoms with Gasteiger partial charge in [-0.1, -0.05) is 103 Å². The second-order valence-electron chi connectivity index (χ2n) is 10.6. The van der Waals surface area contributed by atoms with Gasteiger partial charge in [-0.15, -0.1) is 0 Å². The Morgan fingerprint density at radius 3 is 2.08 bits per heavy atom. The van der Waals surface area contributed by atoms with Crippen LogP contribution in [0.1, 0.15) is 109 Å². The summed E-state index contributed by atoms with van der Waals surface area (Å²) in [5.74, 6) is 0.544. The molecule has 0 amide bonds. The zero-order valence-corrected chi connectivity index (χ0v) is 26.1. The van der Waals surface area contributed by atoms with Gasteiger partial charge >= 0.3 is 14.6 Å². The molecule has 226 valence electrons. The second-order valence-corrected chi connectivity index (χ2v) is 11.6. The lowest BCUT2D eigenvalue weighted by Gasteiger charge is -2.21. The number of unbranched alkanes of at least 4 members (excludes halogenated alkanes) is 11. The van der Waals surface area contributed by atoms with E-state index in [1.165, 1.54) is 70.6 Å². The molecule has 1 aromatic carbocycles. The van der Waals surface area contributed by atoms with Crippen molar-refractivity contribution in [2.75, 3.05) is 40.5 Å². The molecule has 0 aliphatic heterocycles. The fraction of sp³-hybridized carbons (Fsp3) is 0.774. The van der Waals surface area contributed by atoms with E-state index in [0.29, 0.717) is 39.0 Å². The van der Waals surface area contributed by atoms with E-state index < -0.39 is 14.7 Å². The first-order valence-corrected chi connectivity index (χ1v) is 16.4. The maximum atomic E-state index is 12.2. The van der Waals surface area contributed by atoms with E-state index >= 15 is 0 Å². The smallest absolute Gasteiger partial charge is 0.330 e. The lowest BCUT2D eigenvalue weighted by molar-refractivity contribution is -0.150. The predicted octanol–water partition coefficient (Wildman–Crippen LogP) is 7.83. The highest BCUT2D eigenvalue weighted by molar-refractivity contribution is 7.40. The van der Waals surface area contributed by atoms with E-state index in [1.807, 2.05) is 50.2 Å². The minimum Gasteiger partial charge on any atom is -0.493 e. The number of nitrogens with zero attached hydrogens (tertiary/aromatic N) is 1. The maximum absolute atomic E-state index is 12.2. The van der Waals surface area contributed by atoms with Gasteiger partial charge in [-0.25, -0.2) is 0 Å². The van der Waals surface area contributed by atoms with Crippen LogP contribution in [0.15, 0.2) is 24.3 Å². The van der Waals surface area contributed by atoms with Crippen molar-refractivity contribution in [3.05, 3.63) is 29.8 Å². The highest BCUT2D eigenvalue weighted by atomic mass is 31.2. The molecule has 7 nitrogen and oxygen atoms in total. The Kier molecular flexibility index (Phi) is 22.5. The summed E-state index contributed by atoms with van der Waals surface area (Å²) in [5, 5.41) is 0. The third kappa shape index (κ3) is 20.3. The van der Waals surface area contributed by atoms with Crippen LogP contribution < -0.4 is 4.74 Å². The molecule has 0 saturated carbocycles. The van der Waals surface area contributed by atoms with Crippen LogP contribution in [0, 0.1) is 0 Å². The van der Waals surface area contributed by atoms with Crippen molar-refractivity contribution in [2.45, 2.75) is 116 Å². The topological polar surface area (TPSA) is 77.5 Å². The van der Waals surface area contributed by atoms with Gasteiger partial charge in [0.05, 0.1) is 19.8 Å². The normalized spacial score (nSPS) is 13.0. The van der Waals surface area contributed by atoms with Crippen LogP contribution in [0.25, 0.3) is 0 Å². The molecule has 0 bridgehead atoms. The number of ether oxygens (including phenoxy) is 2. The predicted molar refractivity (Wildman–Crippen MR) is 161 cm³/mol. The monoisotopic (exact) mass is 569 g/mol. The average Bonchev–Trinajstić information content (AvgIpc) is 2.90. The quantitative estimate of drug-likeness (QED) is 0.0692. The molecule has 1 N–H and O–H groups in total. The van der Waals surface area contributed by atoms with Crippen molar-refractivity contribution in [1.29, 1.82) is 0 Å². The van der Waals surface area contributed by atoms with Crippen molar-refractivity contribution in [1.82, 2.24) is 4.90 Å². The van der Waals surface area contributed by atoms with Crippen LogP contribution in [-0.2, 0) is 25.0 Å². The first kappa shape index (κ1) is 35.8. The zero-order chi connectivity index (χ0) is 28.6. The van der Waals surface area contributed by atoms with Crippen LogP contribution in [0.5, 0.6) is 5.75 Å². The highest BCUT2D eigenvalue weighted by Gasteiger charge is 2.20. The number of hydrogen-bond acceptors (Lipinski definition) is 7. The highest BCUT2D eigenvalue weighted by Crippen LogP contribution is 2.33. The fourth-order valence-corrected chi connectivity index (χ4v) is 4.86. The zero-order valence-electron chi connectivity index (χ0n) is 25.2. The van der Waals surface area contributed by atoms with Gasteiger partial charge in [-0.3, -0.25) is 4.79 Å². The molecular formula is C31H56NO6P. The van der Waals surface area contributed by atoms with Gasteiger partial charge in [0.25, 0.3) is 0 Å². The molecule has 1 aromatic rings. The number of hydrogen-bond donors (Lipinski definition) is 1. The molecule has 0 aromatic heterocycles. The molecule has 0 heterocycles. The van der Waals surface area contributed by atoms with Gasteiger partial charge < -0.3 is 28.3 Å². The number of esters is 1. The molecule has 2 atom stereocenters. The van der Waals surface area contributed by atoms with E-state index in [0.717, 1.165) is 17.7 Å². The van der Waals surface area contributed by atoms with Gasteiger partial charge in [0.2, 0.25) is 0 Å². The molecule has 0 radical (unpaired) electrons. The molecule has 1 rings (SSSR count). The summed E-state index contributed by atoms with van der Waals surface area (Å²) in [6.45, 7) is 5.99. The van der Waals surface area contributed by atoms with E-state index in [4.69, 9.17) is 18.5 Å². The van der Waals surface area contributed by atoms with E-state index in [-0.39, 0.29) is 12.6 Å². The number of likely N-dealkylation sites (N-methyl/N-ethyl adjacent to an activating group) is 1. The SMILES string of the molecule is CCCCCCCCCCCCCCOc1ccccc1CC(COP(O)OCCN(C)C)OC(=O)CCC. The number of para-hydroxylation sites is 1. The van der Waals surface area contributed by atoms with Gasteiger partial charge in [0.15, 0.2) is 0 Å². The van der Waals surface area contributed by atoms with E-state index in [1.54, 1.807) is 0 Å². The molecule has 0 aliphatic rings. The van der Waals surface area contributed by atoms with E-state index in [9.17, 15) is 9.69 Å². The van der Waals surface area contributed by atoms with Crippen molar-refractivity contribution in [2.24, 2.45) is 0 Å². The summed E-state index contributed by atoms with van der Waals surface area (Å²) in [4.78, 5) is 24.3. The van der Waals surface area contributed by atoms with Crippen molar-refractivity contribution >= 4 is 14.6 Å². The minimum atomic E-state index is -2.03. The van der Waals surface area contributed by atoms with Crippen molar-refractivity contribution in [3.8, 4) is 5.75 Å². The Bertz CT molecular complexity index is 720. The van der Waals surface area contributed by atoms with Gasteiger partial charge in [0, 0.05) is 19.4 Å². The standard InChI is InChI=1S/C31H56NO6P/c1-5-7-8-9-10-11-12-13-14-15-16-19-24-35-30-22-18-17-21-28(30)26-29(38-31(33)20-6-2)27-37-39(34)36-25-23-32(3)4/h17-18,21-22,29,34H,5-16,19-20,23-27H2,1-4H3. The van der Waals surface area contributed by atoms with Gasteiger partial charge in [-0.05, 0) is 38.6 Å². The summed E-state index contributed by atoms with van der Waals surface area (Å²) in [6.07, 6.45) is 16.7. The number of carbonyl (C=O) groups is 1.